The van der Waals surface area contributed by atoms with E-state index >= 15 is 0 Å². The zero-order valence-corrected chi connectivity index (χ0v) is 9.16. The number of nitrogens with zero attached hydrogens (tertiary/aromatic N) is 2. The van der Waals surface area contributed by atoms with Crippen molar-refractivity contribution < 1.29 is 4.79 Å². The first-order valence-corrected chi connectivity index (χ1v) is 5.31. The number of rotatable bonds is 4. The summed E-state index contributed by atoms with van der Waals surface area (Å²) in [5, 5.41) is 8.92. The molecule has 78 valence electrons. The van der Waals surface area contributed by atoms with Gasteiger partial charge >= 0.3 is 0 Å². The molecule has 0 heterocycles. The molecule has 0 aromatic heterocycles. The molecule has 1 saturated carbocycles. The van der Waals surface area contributed by atoms with Gasteiger partial charge in [-0.1, -0.05) is 13.8 Å². The van der Waals surface area contributed by atoms with Crippen LogP contribution < -0.4 is 0 Å². The fraction of sp³-hybridized carbons (Fsp3) is 0.818. The molecular weight excluding hydrogens is 176 g/mol. The van der Waals surface area contributed by atoms with Gasteiger partial charge in [-0.2, -0.15) is 5.26 Å². The maximum atomic E-state index is 11.9. The summed E-state index contributed by atoms with van der Waals surface area (Å²) in [5.74, 6) is -0.330. The SMILES string of the molecule is CCN(C(=O)C(C#N)C(C)C)C1CC1. The van der Waals surface area contributed by atoms with Crippen molar-refractivity contribution in [3.8, 4) is 6.07 Å². The lowest BCUT2D eigenvalue weighted by molar-refractivity contribution is -0.135. The van der Waals surface area contributed by atoms with E-state index in [-0.39, 0.29) is 11.8 Å². The van der Waals surface area contributed by atoms with Gasteiger partial charge in [0.2, 0.25) is 5.91 Å². The highest BCUT2D eigenvalue weighted by molar-refractivity contribution is 5.82. The molecule has 3 nitrogen and oxygen atoms in total. The molecule has 1 aliphatic rings. The van der Waals surface area contributed by atoms with Crippen LogP contribution in [-0.4, -0.2) is 23.4 Å². The normalized spacial score (nSPS) is 17.6. The minimum Gasteiger partial charge on any atom is -0.339 e. The summed E-state index contributed by atoms with van der Waals surface area (Å²) in [4.78, 5) is 13.8. The standard InChI is InChI=1S/C11H18N2O/c1-4-13(9-5-6-9)11(14)10(7-12)8(2)3/h8-10H,4-6H2,1-3H3. The lowest BCUT2D eigenvalue weighted by Crippen LogP contribution is -2.39. The Labute approximate surface area is 85.7 Å². The molecule has 0 bridgehead atoms. The van der Waals surface area contributed by atoms with E-state index in [0.29, 0.717) is 6.04 Å². The predicted molar refractivity (Wildman–Crippen MR) is 54.4 cm³/mol. The van der Waals surface area contributed by atoms with Crippen LogP contribution in [0.2, 0.25) is 0 Å². The first kappa shape index (κ1) is 11.0. The summed E-state index contributed by atoms with van der Waals surface area (Å²) in [7, 11) is 0. The highest BCUT2D eigenvalue weighted by atomic mass is 16.2. The van der Waals surface area contributed by atoms with Crippen molar-refractivity contribution in [2.45, 2.75) is 39.7 Å². The van der Waals surface area contributed by atoms with Gasteiger partial charge in [-0.25, -0.2) is 0 Å². The summed E-state index contributed by atoms with van der Waals surface area (Å²) in [6, 6.07) is 2.53. The maximum Gasteiger partial charge on any atom is 0.240 e. The Hall–Kier alpha value is -1.04. The zero-order valence-electron chi connectivity index (χ0n) is 9.16. The lowest BCUT2D eigenvalue weighted by Gasteiger charge is -2.24. The highest BCUT2D eigenvalue weighted by Crippen LogP contribution is 2.28. The quantitative estimate of drug-likeness (QED) is 0.685. The number of hydrogen-bond acceptors (Lipinski definition) is 2. The van der Waals surface area contributed by atoms with E-state index in [9.17, 15) is 4.79 Å². The third kappa shape index (κ3) is 2.25. The topological polar surface area (TPSA) is 44.1 Å². The molecule has 0 N–H and O–H groups in total. The summed E-state index contributed by atoms with van der Waals surface area (Å²) >= 11 is 0. The van der Waals surface area contributed by atoms with Gasteiger partial charge < -0.3 is 4.90 Å². The largest absolute Gasteiger partial charge is 0.339 e. The molecule has 0 aromatic carbocycles. The van der Waals surface area contributed by atoms with Gasteiger partial charge in [0, 0.05) is 12.6 Å². The van der Waals surface area contributed by atoms with E-state index in [1.165, 1.54) is 0 Å². The fourth-order valence-corrected chi connectivity index (χ4v) is 1.65. The van der Waals surface area contributed by atoms with Crippen molar-refractivity contribution >= 4 is 5.91 Å². The Balaban J connectivity index is 2.65. The van der Waals surface area contributed by atoms with Crippen molar-refractivity contribution in [1.82, 2.24) is 4.90 Å². The van der Waals surface area contributed by atoms with Crippen molar-refractivity contribution in [3.05, 3.63) is 0 Å². The second kappa shape index (κ2) is 4.45. The van der Waals surface area contributed by atoms with E-state index in [2.05, 4.69) is 6.07 Å². The summed E-state index contributed by atoms with van der Waals surface area (Å²) < 4.78 is 0. The lowest BCUT2D eigenvalue weighted by atomic mass is 9.96. The Morgan fingerprint density at radius 3 is 2.43 bits per heavy atom. The molecule has 1 atom stereocenters. The maximum absolute atomic E-state index is 11.9. The molecule has 1 rings (SSSR count). The smallest absolute Gasteiger partial charge is 0.240 e. The van der Waals surface area contributed by atoms with Crippen molar-refractivity contribution in [1.29, 1.82) is 5.26 Å². The molecule has 3 heteroatoms. The van der Waals surface area contributed by atoms with Crippen LogP contribution in [0.25, 0.3) is 0 Å². The molecule has 1 unspecified atom stereocenters. The molecule has 14 heavy (non-hydrogen) atoms. The van der Waals surface area contributed by atoms with Gasteiger partial charge in [0.15, 0.2) is 0 Å². The van der Waals surface area contributed by atoms with Gasteiger partial charge in [0.25, 0.3) is 0 Å². The molecule has 1 aliphatic carbocycles. The van der Waals surface area contributed by atoms with Gasteiger partial charge in [-0.15, -0.1) is 0 Å². The molecule has 1 fully saturated rings. The van der Waals surface area contributed by atoms with Crippen LogP contribution in [0.4, 0.5) is 0 Å². The average molecular weight is 194 g/mol. The molecule has 0 saturated heterocycles. The van der Waals surface area contributed by atoms with Crippen LogP contribution in [0.3, 0.4) is 0 Å². The Kier molecular flexibility index (Phi) is 3.51. The van der Waals surface area contributed by atoms with Gasteiger partial charge in [-0.05, 0) is 25.7 Å². The number of amides is 1. The van der Waals surface area contributed by atoms with E-state index in [1.807, 2.05) is 25.7 Å². The van der Waals surface area contributed by atoms with E-state index in [4.69, 9.17) is 5.26 Å². The molecule has 1 amide bonds. The van der Waals surface area contributed by atoms with Crippen LogP contribution >= 0.6 is 0 Å². The zero-order chi connectivity index (χ0) is 10.7. The van der Waals surface area contributed by atoms with Crippen LogP contribution in [0.1, 0.15) is 33.6 Å². The number of carbonyl (C=O) groups excluding carboxylic acids is 1. The number of carbonyl (C=O) groups is 1. The second-order valence-corrected chi connectivity index (χ2v) is 4.21. The molecule has 0 aromatic rings. The minimum absolute atomic E-state index is 0.0208. The summed E-state index contributed by atoms with van der Waals surface area (Å²) in [5.41, 5.74) is 0. The summed E-state index contributed by atoms with van der Waals surface area (Å²) in [6.45, 7) is 6.55. The van der Waals surface area contributed by atoms with Gasteiger partial charge in [0.05, 0.1) is 6.07 Å². The number of nitriles is 1. The van der Waals surface area contributed by atoms with Crippen molar-refractivity contribution in [3.63, 3.8) is 0 Å². The Morgan fingerprint density at radius 1 is 1.57 bits per heavy atom. The van der Waals surface area contributed by atoms with Gasteiger partial charge in [0.1, 0.15) is 5.92 Å². The highest BCUT2D eigenvalue weighted by Gasteiger charge is 2.35. The van der Waals surface area contributed by atoms with E-state index < -0.39 is 5.92 Å². The Bertz CT molecular complexity index is 251. The van der Waals surface area contributed by atoms with Crippen LogP contribution in [-0.2, 0) is 4.79 Å². The molecule has 0 radical (unpaired) electrons. The van der Waals surface area contributed by atoms with Crippen LogP contribution in [0.5, 0.6) is 0 Å². The molecule has 0 aliphatic heterocycles. The van der Waals surface area contributed by atoms with Crippen LogP contribution in [0.15, 0.2) is 0 Å². The first-order chi connectivity index (χ1) is 6.61. The number of hydrogen-bond donors (Lipinski definition) is 0. The minimum atomic E-state index is -0.462. The average Bonchev–Trinajstić information content (AvgIpc) is 2.90. The van der Waals surface area contributed by atoms with Crippen LogP contribution in [0, 0.1) is 23.2 Å². The molecule has 0 spiro atoms. The summed E-state index contributed by atoms with van der Waals surface area (Å²) in [6.07, 6.45) is 2.21. The van der Waals surface area contributed by atoms with E-state index in [0.717, 1.165) is 19.4 Å². The second-order valence-electron chi connectivity index (χ2n) is 4.21. The Morgan fingerprint density at radius 2 is 2.14 bits per heavy atom. The van der Waals surface area contributed by atoms with Crippen molar-refractivity contribution in [2.75, 3.05) is 6.54 Å². The first-order valence-electron chi connectivity index (χ1n) is 5.31. The fourth-order valence-electron chi connectivity index (χ4n) is 1.65. The third-order valence-electron chi connectivity index (χ3n) is 2.68. The third-order valence-corrected chi connectivity index (χ3v) is 2.68. The van der Waals surface area contributed by atoms with E-state index in [1.54, 1.807) is 0 Å². The van der Waals surface area contributed by atoms with Gasteiger partial charge in [-0.3, -0.25) is 4.79 Å². The molecular formula is C11H18N2O. The predicted octanol–water partition coefficient (Wildman–Crippen LogP) is 1.79. The van der Waals surface area contributed by atoms with Crippen molar-refractivity contribution in [2.24, 2.45) is 11.8 Å². The monoisotopic (exact) mass is 194 g/mol.